The smallest absolute Gasteiger partial charge is 0.344 e. The molecule has 6 nitrogen and oxygen atoms in total. The van der Waals surface area contributed by atoms with Crippen LogP contribution in [-0.4, -0.2) is 48.0 Å². The van der Waals surface area contributed by atoms with Crippen LogP contribution in [0.15, 0.2) is 16.1 Å². The largest absolute Gasteiger partial charge is 0.466 e. The lowest BCUT2D eigenvalue weighted by Crippen LogP contribution is -2.38. The molecule has 0 N–H and O–H groups in total. The molecule has 0 saturated carbocycles. The summed E-state index contributed by atoms with van der Waals surface area (Å²) < 4.78 is 15.1. The number of esters is 2. The fourth-order valence-electron chi connectivity index (χ4n) is 1.89. The van der Waals surface area contributed by atoms with Crippen LogP contribution < -0.4 is 0 Å². The number of aliphatic imine (C=N–C) groups is 1. The predicted octanol–water partition coefficient (Wildman–Crippen LogP) is 2.42. The number of alkyl halides is 2. The highest BCUT2D eigenvalue weighted by Crippen LogP contribution is 2.41. The monoisotopic (exact) mass is 351 g/mol. The lowest BCUT2D eigenvalue weighted by molar-refractivity contribution is -0.139. The van der Waals surface area contributed by atoms with Gasteiger partial charge in [0.1, 0.15) is 11.1 Å². The Morgan fingerprint density at radius 2 is 1.68 bits per heavy atom. The Labute approximate surface area is 139 Å². The van der Waals surface area contributed by atoms with Crippen molar-refractivity contribution in [3.05, 3.63) is 11.1 Å². The van der Waals surface area contributed by atoms with Crippen LogP contribution in [0.3, 0.4) is 0 Å². The van der Waals surface area contributed by atoms with Crippen molar-refractivity contribution in [2.24, 2.45) is 4.99 Å². The molecule has 1 atom stereocenters. The van der Waals surface area contributed by atoms with E-state index >= 15 is 0 Å². The number of rotatable bonds is 3. The summed E-state index contributed by atoms with van der Waals surface area (Å²) in [4.78, 5) is 27.4. The normalized spacial score (nSPS) is 23.8. The Bertz CT molecular complexity index is 548. The average molecular weight is 352 g/mol. The summed E-state index contributed by atoms with van der Waals surface area (Å²) in [5.74, 6) is -1.61. The molecule has 8 heteroatoms. The van der Waals surface area contributed by atoms with Crippen molar-refractivity contribution >= 4 is 41.0 Å². The van der Waals surface area contributed by atoms with E-state index < -0.39 is 27.9 Å². The third-order valence-corrected chi connectivity index (χ3v) is 3.73. The van der Waals surface area contributed by atoms with Crippen LogP contribution in [0, 0.1) is 0 Å². The summed E-state index contributed by atoms with van der Waals surface area (Å²) in [7, 11) is 2.37. The zero-order valence-corrected chi connectivity index (χ0v) is 14.8. The first-order chi connectivity index (χ1) is 9.97. The molecule has 1 unspecified atom stereocenters. The van der Waals surface area contributed by atoms with Crippen LogP contribution in [-0.2, 0) is 23.8 Å². The van der Waals surface area contributed by atoms with Gasteiger partial charge in [0.25, 0.3) is 0 Å². The molecule has 0 saturated heterocycles. The van der Waals surface area contributed by atoms with E-state index in [9.17, 15) is 9.59 Å². The van der Waals surface area contributed by atoms with Crippen molar-refractivity contribution in [2.75, 3.05) is 14.2 Å². The van der Waals surface area contributed by atoms with Gasteiger partial charge in [0.05, 0.1) is 19.8 Å². The van der Waals surface area contributed by atoms with Crippen molar-refractivity contribution < 1.29 is 23.8 Å². The van der Waals surface area contributed by atoms with Crippen LogP contribution in [0.4, 0.5) is 0 Å². The standard InChI is InChI=1S/C14H19Cl2NO5/c1-13(2,3)17-9-7(10(18)20-5)8(11(19)21-6)14(4,22-9)12(15)16/h12H,1-6H3. The Kier molecular flexibility index (Phi) is 5.51. The molecule has 0 fully saturated rings. The van der Waals surface area contributed by atoms with E-state index in [1.807, 2.05) is 20.8 Å². The highest BCUT2D eigenvalue weighted by atomic mass is 35.5. The lowest BCUT2D eigenvalue weighted by atomic mass is 9.95. The number of nitrogens with zero attached hydrogens (tertiary/aromatic N) is 1. The van der Waals surface area contributed by atoms with Crippen molar-refractivity contribution in [1.29, 1.82) is 0 Å². The fraction of sp³-hybridized carbons (Fsp3) is 0.643. The van der Waals surface area contributed by atoms with Gasteiger partial charge in [-0.15, -0.1) is 23.2 Å². The predicted molar refractivity (Wildman–Crippen MR) is 83.2 cm³/mol. The zero-order chi connectivity index (χ0) is 17.3. The summed E-state index contributed by atoms with van der Waals surface area (Å²) in [6, 6.07) is 0. The number of hydrogen-bond donors (Lipinski definition) is 0. The molecule has 0 aromatic carbocycles. The average Bonchev–Trinajstić information content (AvgIpc) is 2.68. The molecule has 1 heterocycles. The van der Waals surface area contributed by atoms with E-state index in [4.69, 9.17) is 37.4 Å². The highest BCUT2D eigenvalue weighted by molar-refractivity contribution is 6.46. The van der Waals surface area contributed by atoms with Gasteiger partial charge in [-0.3, -0.25) is 0 Å². The molecular weight excluding hydrogens is 333 g/mol. The van der Waals surface area contributed by atoms with Gasteiger partial charge in [-0.05, 0) is 27.7 Å². The maximum atomic E-state index is 12.1. The fourth-order valence-corrected chi connectivity index (χ4v) is 2.20. The van der Waals surface area contributed by atoms with E-state index in [0.717, 1.165) is 0 Å². The van der Waals surface area contributed by atoms with E-state index in [1.165, 1.54) is 21.1 Å². The van der Waals surface area contributed by atoms with Gasteiger partial charge in [-0.25, -0.2) is 14.6 Å². The van der Waals surface area contributed by atoms with Crippen LogP contribution in [0.5, 0.6) is 0 Å². The molecule has 0 bridgehead atoms. The minimum Gasteiger partial charge on any atom is -0.466 e. The Balaban J connectivity index is 3.67. The number of halogens is 2. The first-order valence-corrected chi connectivity index (χ1v) is 7.34. The number of carbonyl (C=O) groups excluding carboxylic acids is 2. The maximum absolute atomic E-state index is 12.1. The molecule has 1 rings (SSSR count). The third-order valence-electron chi connectivity index (χ3n) is 2.90. The zero-order valence-electron chi connectivity index (χ0n) is 13.3. The number of methoxy groups -OCH3 is 2. The summed E-state index contributed by atoms with van der Waals surface area (Å²) in [6.07, 6.45) is 0. The summed E-state index contributed by atoms with van der Waals surface area (Å²) >= 11 is 11.9. The Morgan fingerprint density at radius 3 is 2.05 bits per heavy atom. The summed E-state index contributed by atoms with van der Waals surface area (Å²) in [5, 5.41) is 0. The Hall–Kier alpha value is -1.27. The highest BCUT2D eigenvalue weighted by Gasteiger charge is 2.53. The second-order valence-corrected chi connectivity index (χ2v) is 6.93. The van der Waals surface area contributed by atoms with E-state index in [-0.39, 0.29) is 17.0 Å². The second kappa shape index (κ2) is 6.46. The van der Waals surface area contributed by atoms with Crippen molar-refractivity contribution in [2.45, 2.75) is 43.7 Å². The van der Waals surface area contributed by atoms with E-state index in [2.05, 4.69) is 4.99 Å². The first kappa shape index (κ1) is 18.8. The van der Waals surface area contributed by atoms with Gasteiger partial charge in [0.15, 0.2) is 10.4 Å². The van der Waals surface area contributed by atoms with Crippen LogP contribution in [0.2, 0.25) is 0 Å². The van der Waals surface area contributed by atoms with E-state index in [1.54, 1.807) is 0 Å². The van der Waals surface area contributed by atoms with Gasteiger partial charge in [0, 0.05) is 0 Å². The molecule has 124 valence electrons. The number of hydrogen-bond acceptors (Lipinski definition) is 6. The third kappa shape index (κ3) is 3.55. The topological polar surface area (TPSA) is 74.2 Å². The van der Waals surface area contributed by atoms with Crippen molar-refractivity contribution in [1.82, 2.24) is 0 Å². The number of ether oxygens (including phenoxy) is 3. The van der Waals surface area contributed by atoms with Crippen molar-refractivity contribution in [3.63, 3.8) is 0 Å². The second-order valence-electron chi connectivity index (χ2n) is 5.83. The lowest BCUT2D eigenvalue weighted by Gasteiger charge is -2.27. The number of carbonyl (C=O) groups is 2. The summed E-state index contributed by atoms with van der Waals surface area (Å²) in [6.45, 7) is 6.91. The van der Waals surface area contributed by atoms with Crippen LogP contribution >= 0.6 is 23.2 Å². The van der Waals surface area contributed by atoms with E-state index in [0.29, 0.717) is 0 Å². The molecule has 22 heavy (non-hydrogen) atoms. The molecule has 0 radical (unpaired) electrons. The first-order valence-electron chi connectivity index (χ1n) is 6.46. The molecular formula is C14H19Cl2NO5. The maximum Gasteiger partial charge on any atom is 0.344 e. The SMILES string of the molecule is COC(=O)C1=C(C(=O)OC)C(C)(C(Cl)Cl)OC1=NC(C)(C)C. The van der Waals surface area contributed by atoms with Crippen molar-refractivity contribution in [3.8, 4) is 0 Å². The minimum absolute atomic E-state index is 0.0476. The quantitative estimate of drug-likeness (QED) is 0.576. The molecule has 1 aliphatic rings. The van der Waals surface area contributed by atoms with Gasteiger partial charge in [0.2, 0.25) is 5.90 Å². The summed E-state index contributed by atoms with van der Waals surface area (Å²) in [5.41, 5.74) is -2.27. The van der Waals surface area contributed by atoms with Gasteiger partial charge in [-0.2, -0.15) is 0 Å². The molecule has 0 amide bonds. The Morgan fingerprint density at radius 1 is 1.18 bits per heavy atom. The molecule has 0 spiro atoms. The molecule has 0 aromatic heterocycles. The van der Waals surface area contributed by atoms with Gasteiger partial charge < -0.3 is 14.2 Å². The van der Waals surface area contributed by atoms with Gasteiger partial charge >= 0.3 is 11.9 Å². The minimum atomic E-state index is -1.47. The molecule has 1 aliphatic heterocycles. The van der Waals surface area contributed by atoms with Crippen LogP contribution in [0.25, 0.3) is 0 Å². The molecule has 0 aliphatic carbocycles. The van der Waals surface area contributed by atoms with Gasteiger partial charge in [-0.1, -0.05) is 0 Å². The molecule has 0 aromatic rings. The van der Waals surface area contributed by atoms with Crippen LogP contribution in [0.1, 0.15) is 27.7 Å².